The van der Waals surface area contributed by atoms with Gasteiger partial charge in [0.15, 0.2) is 9.84 Å². The minimum Gasteiger partial charge on any atom is -0.335 e. The Hall–Kier alpha value is -0.780. The van der Waals surface area contributed by atoms with Gasteiger partial charge in [0.1, 0.15) is 0 Å². The molecule has 2 amide bonds. The van der Waals surface area contributed by atoms with Crippen LogP contribution in [0.2, 0.25) is 0 Å². The second kappa shape index (κ2) is 7.86. The van der Waals surface area contributed by atoms with E-state index >= 15 is 0 Å². The van der Waals surface area contributed by atoms with E-state index in [0.717, 1.165) is 31.6 Å². The quantitative estimate of drug-likeness (QED) is 0.764. The average Bonchev–Trinajstić information content (AvgIpc) is 2.53. The molecule has 1 fully saturated rings. The third-order valence-electron chi connectivity index (χ3n) is 3.91. The van der Waals surface area contributed by atoms with Crippen LogP contribution in [0.4, 0.5) is 4.79 Å². The van der Waals surface area contributed by atoms with E-state index in [1.807, 2.05) is 0 Å². The monoisotopic (exact) mass is 304 g/mol. The van der Waals surface area contributed by atoms with Gasteiger partial charge in [0.05, 0.1) is 5.75 Å². The van der Waals surface area contributed by atoms with Crippen LogP contribution in [0.15, 0.2) is 0 Å². The Kier molecular flexibility index (Phi) is 6.79. The fraction of sp³-hybridized carbons (Fsp3) is 0.929. The fourth-order valence-corrected chi connectivity index (χ4v) is 3.70. The van der Waals surface area contributed by atoms with Gasteiger partial charge < -0.3 is 10.6 Å². The number of urea groups is 1. The van der Waals surface area contributed by atoms with Gasteiger partial charge in [-0.15, -0.1) is 0 Å². The van der Waals surface area contributed by atoms with E-state index in [4.69, 9.17) is 0 Å². The molecule has 5 nitrogen and oxygen atoms in total. The van der Waals surface area contributed by atoms with Crippen LogP contribution in [0.5, 0.6) is 0 Å². The van der Waals surface area contributed by atoms with Gasteiger partial charge in [-0.1, -0.05) is 26.7 Å². The van der Waals surface area contributed by atoms with E-state index in [2.05, 4.69) is 17.6 Å². The topological polar surface area (TPSA) is 75.3 Å². The summed E-state index contributed by atoms with van der Waals surface area (Å²) in [5.74, 6) is 0.846. The highest BCUT2D eigenvalue weighted by molar-refractivity contribution is 7.91. The molecule has 1 rings (SSSR count). The third kappa shape index (κ3) is 6.59. The van der Waals surface area contributed by atoms with Crippen molar-refractivity contribution >= 4 is 15.9 Å². The summed E-state index contributed by atoms with van der Waals surface area (Å²) in [7, 11) is -3.05. The van der Waals surface area contributed by atoms with Gasteiger partial charge in [-0.3, -0.25) is 0 Å². The number of hydrogen-bond acceptors (Lipinski definition) is 3. The van der Waals surface area contributed by atoms with E-state index in [1.54, 1.807) is 13.8 Å². The van der Waals surface area contributed by atoms with Crippen molar-refractivity contribution in [3.63, 3.8) is 0 Å². The largest absolute Gasteiger partial charge is 0.335 e. The zero-order valence-corrected chi connectivity index (χ0v) is 13.6. The van der Waals surface area contributed by atoms with E-state index in [9.17, 15) is 13.2 Å². The lowest BCUT2D eigenvalue weighted by atomic mass is 10.0. The summed E-state index contributed by atoms with van der Waals surface area (Å²) in [6.45, 7) is 5.59. The molecule has 0 radical (unpaired) electrons. The van der Waals surface area contributed by atoms with Gasteiger partial charge in [-0.2, -0.15) is 0 Å². The molecule has 0 heterocycles. The molecule has 0 saturated heterocycles. The third-order valence-corrected chi connectivity index (χ3v) is 5.80. The van der Waals surface area contributed by atoms with Gasteiger partial charge in [-0.25, -0.2) is 13.2 Å². The minimum atomic E-state index is -3.05. The van der Waals surface area contributed by atoms with Gasteiger partial charge >= 0.3 is 6.03 Å². The predicted octanol–water partition coefficient (Wildman–Crippen LogP) is 2.08. The molecule has 0 aliphatic heterocycles. The highest BCUT2D eigenvalue weighted by atomic mass is 32.2. The van der Waals surface area contributed by atoms with Gasteiger partial charge in [-0.05, 0) is 32.1 Å². The first kappa shape index (κ1) is 17.3. The van der Waals surface area contributed by atoms with Crippen LogP contribution in [0.1, 0.15) is 52.9 Å². The number of carbonyl (C=O) groups is 1. The molecule has 6 heteroatoms. The van der Waals surface area contributed by atoms with Crippen molar-refractivity contribution in [1.29, 1.82) is 0 Å². The summed E-state index contributed by atoms with van der Waals surface area (Å²) < 4.78 is 23.0. The lowest BCUT2D eigenvalue weighted by molar-refractivity contribution is 0.233. The van der Waals surface area contributed by atoms with Crippen molar-refractivity contribution in [2.45, 2.75) is 65.0 Å². The summed E-state index contributed by atoms with van der Waals surface area (Å²) >= 11 is 0. The molecule has 0 aromatic carbocycles. The molecule has 0 spiro atoms. The van der Waals surface area contributed by atoms with Crippen LogP contribution in [0.25, 0.3) is 0 Å². The Morgan fingerprint density at radius 2 is 1.95 bits per heavy atom. The summed E-state index contributed by atoms with van der Waals surface area (Å²) in [5, 5.41) is 5.69. The first-order valence-corrected chi connectivity index (χ1v) is 9.42. The number of sulfone groups is 1. The molecular weight excluding hydrogens is 276 g/mol. The van der Waals surface area contributed by atoms with Crippen molar-refractivity contribution in [1.82, 2.24) is 10.6 Å². The van der Waals surface area contributed by atoms with Crippen LogP contribution >= 0.6 is 0 Å². The van der Waals surface area contributed by atoms with Crippen LogP contribution in [0.3, 0.4) is 0 Å². The molecule has 1 aliphatic rings. The summed E-state index contributed by atoms with van der Waals surface area (Å²) in [6, 6.07) is -0.386. The summed E-state index contributed by atoms with van der Waals surface area (Å²) in [6.07, 6.45) is 5.54. The zero-order valence-electron chi connectivity index (χ0n) is 12.8. The molecule has 3 atom stereocenters. The maximum absolute atomic E-state index is 11.9. The summed E-state index contributed by atoms with van der Waals surface area (Å²) in [5.41, 5.74) is 0. The van der Waals surface area contributed by atoms with Gasteiger partial charge in [0.2, 0.25) is 0 Å². The molecule has 2 N–H and O–H groups in total. The van der Waals surface area contributed by atoms with E-state index in [0.29, 0.717) is 0 Å². The van der Waals surface area contributed by atoms with Crippen molar-refractivity contribution in [2.75, 3.05) is 11.5 Å². The molecule has 0 aromatic rings. The van der Waals surface area contributed by atoms with Crippen molar-refractivity contribution in [3.8, 4) is 0 Å². The molecular formula is C14H28N2O3S. The SMILES string of the molecule is CCS(=O)(=O)C[C@H](C)NC(=O)N[C@H]1CCC[C@@H](C)CC1. The maximum atomic E-state index is 11.9. The average molecular weight is 304 g/mol. The zero-order chi connectivity index (χ0) is 15.2. The van der Waals surface area contributed by atoms with E-state index in [-0.39, 0.29) is 29.6 Å². The Labute approximate surface area is 122 Å². The Morgan fingerprint density at radius 1 is 1.25 bits per heavy atom. The van der Waals surface area contributed by atoms with Gasteiger partial charge in [0, 0.05) is 17.8 Å². The van der Waals surface area contributed by atoms with Crippen LogP contribution in [0, 0.1) is 5.92 Å². The number of hydrogen-bond donors (Lipinski definition) is 2. The molecule has 0 aromatic heterocycles. The fourth-order valence-electron chi connectivity index (χ4n) is 2.62. The number of rotatable bonds is 5. The molecule has 0 bridgehead atoms. The Morgan fingerprint density at radius 3 is 2.60 bits per heavy atom. The Balaban J connectivity index is 2.35. The van der Waals surface area contributed by atoms with Gasteiger partial charge in [0.25, 0.3) is 0 Å². The summed E-state index contributed by atoms with van der Waals surface area (Å²) in [4.78, 5) is 11.9. The molecule has 118 valence electrons. The number of carbonyl (C=O) groups excluding carboxylic acids is 1. The number of amides is 2. The molecule has 1 saturated carbocycles. The lowest BCUT2D eigenvalue weighted by Gasteiger charge is -2.19. The predicted molar refractivity (Wildman–Crippen MR) is 81.5 cm³/mol. The second-order valence-corrected chi connectivity index (χ2v) is 8.43. The highest BCUT2D eigenvalue weighted by Gasteiger charge is 2.20. The first-order valence-electron chi connectivity index (χ1n) is 7.60. The van der Waals surface area contributed by atoms with Crippen LogP contribution in [-0.2, 0) is 9.84 Å². The smallest absolute Gasteiger partial charge is 0.315 e. The molecule has 0 unspecified atom stereocenters. The van der Waals surface area contributed by atoms with Crippen molar-refractivity contribution in [2.24, 2.45) is 5.92 Å². The first-order chi connectivity index (χ1) is 9.32. The van der Waals surface area contributed by atoms with E-state index < -0.39 is 9.84 Å². The van der Waals surface area contributed by atoms with E-state index in [1.165, 1.54) is 6.42 Å². The van der Waals surface area contributed by atoms with Crippen molar-refractivity contribution < 1.29 is 13.2 Å². The maximum Gasteiger partial charge on any atom is 0.315 e. The standard InChI is InChI=1S/C14H28N2O3S/c1-4-20(18,19)10-12(3)15-14(17)16-13-7-5-6-11(2)8-9-13/h11-13H,4-10H2,1-3H3,(H2,15,16,17)/t11-,12+,13+/m1/s1. The van der Waals surface area contributed by atoms with Crippen LogP contribution in [-0.4, -0.2) is 38.0 Å². The minimum absolute atomic E-state index is 0.00137. The number of nitrogens with one attached hydrogen (secondary N) is 2. The highest BCUT2D eigenvalue weighted by Crippen LogP contribution is 2.22. The molecule has 1 aliphatic carbocycles. The van der Waals surface area contributed by atoms with Crippen molar-refractivity contribution in [3.05, 3.63) is 0 Å². The van der Waals surface area contributed by atoms with Crippen LogP contribution < -0.4 is 10.6 Å². The second-order valence-electron chi connectivity index (χ2n) is 6.03. The normalized spacial score (nSPS) is 25.6. The Bertz CT molecular complexity index is 409. The molecule has 20 heavy (non-hydrogen) atoms. The lowest BCUT2D eigenvalue weighted by Crippen LogP contribution is -2.47.